The van der Waals surface area contributed by atoms with Crippen LogP contribution in [0.15, 0.2) is 36.4 Å². The van der Waals surface area contributed by atoms with E-state index in [1.54, 1.807) is 18.2 Å². The molecule has 1 aliphatic heterocycles. The molecule has 0 radical (unpaired) electrons. The number of aromatic nitrogens is 1. The van der Waals surface area contributed by atoms with Gasteiger partial charge in [-0.3, -0.25) is 10.1 Å². The molecule has 2 heterocycles. The van der Waals surface area contributed by atoms with E-state index in [0.717, 1.165) is 42.2 Å². The van der Waals surface area contributed by atoms with Gasteiger partial charge in [-0.25, -0.2) is 4.98 Å². The third kappa shape index (κ3) is 4.70. The van der Waals surface area contributed by atoms with Crippen LogP contribution in [0.25, 0.3) is 16.3 Å². The van der Waals surface area contributed by atoms with Crippen LogP contribution >= 0.6 is 34.5 Å². The number of hydrogen-bond acceptors (Lipinski definition) is 6. The highest BCUT2D eigenvalue weighted by Crippen LogP contribution is 2.33. The van der Waals surface area contributed by atoms with Gasteiger partial charge < -0.3 is 14.4 Å². The van der Waals surface area contributed by atoms with Gasteiger partial charge in [-0.15, -0.1) is 0 Å². The molecule has 1 aliphatic rings. The number of amides is 1. The standard InChI is InChI=1S/C21H19Cl2N3O3S/c1-28-20-13(10-14(22)11-16(20)23)2-5-19(27)25-21-24-17-4-3-15(12-18(17)30-21)26-6-8-29-9-7-26/h2-5,10-12H,6-9H2,1H3,(H,24,25,27)/b5-2+. The van der Waals surface area contributed by atoms with Crippen LogP contribution in [-0.2, 0) is 9.53 Å². The number of benzene rings is 2. The summed E-state index contributed by atoms with van der Waals surface area (Å²) in [6.07, 6.45) is 3.01. The van der Waals surface area contributed by atoms with Gasteiger partial charge in [-0.1, -0.05) is 34.5 Å². The van der Waals surface area contributed by atoms with Crippen LogP contribution in [0.5, 0.6) is 5.75 Å². The molecular weight excluding hydrogens is 445 g/mol. The monoisotopic (exact) mass is 463 g/mol. The first-order chi connectivity index (χ1) is 14.5. The van der Waals surface area contributed by atoms with Crippen molar-refractivity contribution in [2.24, 2.45) is 0 Å². The Morgan fingerprint density at radius 2 is 2.07 bits per heavy atom. The number of carbonyl (C=O) groups is 1. The molecule has 0 bridgehead atoms. The van der Waals surface area contributed by atoms with Gasteiger partial charge in [0.2, 0.25) is 5.91 Å². The van der Waals surface area contributed by atoms with Gasteiger partial charge >= 0.3 is 0 Å². The van der Waals surface area contributed by atoms with Crippen LogP contribution < -0.4 is 15.0 Å². The summed E-state index contributed by atoms with van der Waals surface area (Å²) in [7, 11) is 1.51. The molecule has 1 saturated heterocycles. The fourth-order valence-electron chi connectivity index (χ4n) is 3.22. The number of rotatable bonds is 5. The van der Waals surface area contributed by atoms with E-state index in [9.17, 15) is 4.79 Å². The maximum Gasteiger partial charge on any atom is 0.250 e. The van der Waals surface area contributed by atoms with E-state index in [4.69, 9.17) is 32.7 Å². The van der Waals surface area contributed by atoms with E-state index in [2.05, 4.69) is 21.3 Å². The van der Waals surface area contributed by atoms with Crippen molar-refractivity contribution in [3.8, 4) is 5.75 Å². The Morgan fingerprint density at radius 1 is 1.27 bits per heavy atom. The molecule has 0 spiro atoms. The minimum Gasteiger partial charge on any atom is -0.495 e. The number of nitrogens with one attached hydrogen (secondary N) is 1. The lowest BCUT2D eigenvalue weighted by atomic mass is 10.2. The minimum absolute atomic E-state index is 0.305. The summed E-state index contributed by atoms with van der Waals surface area (Å²) < 4.78 is 11.7. The Kier molecular flexibility index (Phi) is 6.43. The van der Waals surface area contributed by atoms with Crippen LogP contribution in [0.3, 0.4) is 0 Å². The van der Waals surface area contributed by atoms with Crippen LogP contribution in [0, 0.1) is 0 Å². The Hall–Kier alpha value is -2.32. The van der Waals surface area contributed by atoms with Crippen molar-refractivity contribution in [2.45, 2.75) is 0 Å². The summed E-state index contributed by atoms with van der Waals surface area (Å²) >= 11 is 13.6. The predicted octanol–water partition coefficient (Wildman–Crippen LogP) is 5.10. The Morgan fingerprint density at radius 3 is 2.83 bits per heavy atom. The number of ether oxygens (including phenoxy) is 2. The van der Waals surface area contributed by atoms with Crippen molar-refractivity contribution < 1.29 is 14.3 Å². The van der Waals surface area contributed by atoms with Crippen LogP contribution in [0.2, 0.25) is 10.0 Å². The number of hydrogen-bond donors (Lipinski definition) is 1. The number of methoxy groups -OCH3 is 1. The van der Waals surface area contributed by atoms with Gasteiger partial charge in [0.15, 0.2) is 5.13 Å². The highest BCUT2D eigenvalue weighted by atomic mass is 35.5. The van der Waals surface area contributed by atoms with E-state index in [0.29, 0.717) is 26.5 Å². The SMILES string of the molecule is COc1c(Cl)cc(Cl)cc1/C=C/C(=O)Nc1nc2ccc(N3CCOCC3)cc2s1. The lowest BCUT2D eigenvalue weighted by Gasteiger charge is -2.28. The summed E-state index contributed by atoms with van der Waals surface area (Å²) in [4.78, 5) is 19.2. The topological polar surface area (TPSA) is 63.7 Å². The molecule has 3 aromatic rings. The summed E-state index contributed by atoms with van der Waals surface area (Å²) in [6, 6.07) is 9.39. The lowest BCUT2D eigenvalue weighted by molar-refractivity contribution is -0.111. The van der Waals surface area contributed by atoms with Crippen molar-refractivity contribution in [2.75, 3.05) is 43.6 Å². The maximum absolute atomic E-state index is 12.4. The first kappa shape index (κ1) is 20.9. The van der Waals surface area contributed by atoms with E-state index in [1.807, 2.05) is 12.1 Å². The normalized spacial score (nSPS) is 14.4. The van der Waals surface area contributed by atoms with E-state index in [1.165, 1.54) is 24.5 Å². The highest BCUT2D eigenvalue weighted by molar-refractivity contribution is 7.22. The minimum atomic E-state index is -0.305. The molecule has 0 unspecified atom stereocenters. The summed E-state index contributed by atoms with van der Waals surface area (Å²) in [5.41, 5.74) is 2.60. The van der Waals surface area contributed by atoms with Crippen molar-refractivity contribution in [1.29, 1.82) is 0 Å². The van der Waals surface area contributed by atoms with E-state index in [-0.39, 0.29) is 5.91 Å². The molecule has 1 N–H and O–H groups in total. The second kappa shape index (κ2) is 9.22. The number of carbonyl (C=O) groups excluding carboxylic acids is 1. The molecule has 0 aliphatic carbocycles. The number of thiazole rings is 1. The molecular formula is C21H19Cl2N3O3S. The molecule has 1 fully saturated rings. The Balaban J connectivity index is 1.49. The Labute approximate surface area is 188 Å². The van der Waals surface area contributed by atoms with Crippen molar-refractivity contribution in [3.05, 3.63) is 52.0 Å². The highest BCUT2D eigenvalue weighted by Gasteiger charge is 2.14. The van der Waals surface area contributed by atoms with Crippen molar-refractivity contribution >= 4 is 67.6 Å². The number of anilines is 2. The number of halogens is 2. The molecule has 6 nitrogen and oxygen atoms in total. The summed E-state index contributed by atoms with van der Waals surface area (Å²) in [6.45, 7) is 3.21. The third-order valence-electron chi connectivity index (χ3n) is 4.63. The zero-order valence-corrected chi connectivity index (χ0v) is 18.5. The quantitative estimate of drug-likeness (QED) is 0.533. The van der Waals surface area contributed by atoms with E-state index < -0.39 is 0 Å². The van der Waals surface area contributed by atoms with Crippen LogP contribution in [-0.4, -0.2) is 44.3 Å². The zero-order valence-electron chi connectivity index (χ0n) is 16.2. The number of nitrogens with zero attached hydrogens (tertiary/aromatic N) is 2. The Bertz CT molecular complexity index is 1110. The molecule has 0 atom stereocenters. The number of fused-ring (bicyclic) bond motifs is 1. The van der Waals surface area contributed by atoms with Crippen LogP contribution in [0.1, 0.15) is 5.56 Å². The van der Waals surface area contributed by atoms with Gasteiger partial charge in [0.1, 0.15) is 5.75 Å². The van der Waals surface area contributed by atoms with Crippen molar-refractivity contribution in [3.63, 3.8) is 0 Å². The second-order valence-corrected chi connectivity index (χ2v) is 8.48. The molecule has 9 heteroatoms. The van der Waals surface area contributed by atoms with Crippen molar-refractivity contribution in [1.82, 2.24) is 4.98 Å². The average molecular weight is 464 g/mol. The predicted molar refractivity (Wildman–Crippen MR) is 123 cm³/mol. The van der Waals surface area contributed by atoms with Gasteiger partial charge in [-0.2, -0.15) is 0 Å². The molecule has 30 heavy (non-hydrogen) atoms. The first-order valence-electron chi connectivity index (χ1n) is 9.29. The molecule has 4 rings (SSSR count). The van der Waals surface area contributed by atoms with Gasteiger partial charge in [0.25, 0.3) is 0 Å². The molecule has 1 amide bonds. The molecule has 1 aromatic heterocycles. The lowest BCUT2D eigenvalue weighted by Crippen LogP contribution is -2.36. The fraction of sp³-hybridized carbons (Fsp3) is 0.238. The van der Waals surface area contributed by atoms with Crippen LogP contribution in [0.4, 0.5) is 10.8 Å². The fourth-order valence-corrected chi connectivity index (χ4v) is 4.71. The summed E-state index contributed by atoms with van der Waals surface area (Å²) in [5.74, 6) is 0.154. The molecule has 0 saturated carbocycles. The largest absolute Gasteiger partial charge is 0.495 e. The maximum atomic E-state index is 12.4. The molecule has 156 valence electrons. The first-order valence-corrected chi connectivity index (χ1v) is 10.9. The molecule has 2 aromatic carbocycles. The third-order valence-corrected chi connectivity index (χ3v) is 6.07. The van der Waals surface area contributed by atoms with E-state index >= 15 is 0 Å². The summed E-state index contributed by atoms with van der Waals surface area (Å²) in [5, 5.41) is 4.19. The smallest absolute Gasteiger partial charge is 0.250 e. The second-order valence-electron chi connectivity index (χ2n) is 6.60. The zero-order chi connectivity index (χ0) is 21.1. The average Bonchev–Trinajstić information content (AvgIpc) is 3.14. The number of morpholine rings is 1. The van der Waals surface area contributed by atoms with Gasteiger partial charge in [0.05, 0.1) is 35.6 Å². The van der Waals surface area contributed by atoms with Gasteiger partial charge in [0, 0.05) is 35.4 Å². The van der Waals surface area contributed by atoms with Gasteiger partial charge in [-0.05, 0) is 36.4 Å².